The summed E-state index contributed by atoms with van der Waals surface area (Å²) in [5.74, 6) is -3.20. The molecular formula is C22H19N3O7S2. The molecule has 2 N–H and O–H groups in total. The summed E-state index contributed by atoms with van der Waals surface area (Å²) in [5, 5.41) is 21.2. The van der Waals surface area contributed by atoms with Crippen molar-refractivity contribution in [2.24, 2.45) is 29.6 Å². The van der Waals surface area contributed by atoms with Gasteiger partial charge in [0.2, 0.25) is 11.8 Å². The molecule has 176 valence electrons. The number of rotatable bonds is 5. The van der Waals surface area contributed by atoms with Crippen molar-refractivity contribution in [1.82, 2.24) is 9.88 Å². The van der Waals surface area contributed by atoms with E-state index in [-0.39, 0.29) is 64.3 Å². The van der Waals surface area contributed by atoms with Gasteiger partial charge in [-0.25, -0.2) is 0 Å². The lowest BCUT2D eigenvalue weighted by Gasteiger charge is -2.43. The summed E-state index contributed by atoms with van der Waals surface area (Å²) in [5.41, 5.74) is 0.689. The topological polar surface area (TPSA) is 151 Å². The second-order valence-corrected chi connectivity index (χ2v) is 11.5. The minimum Gasteiger partial charge on any atom is -0.481 e. The maximum atomic E-state index is 13.3. The number of aromatic nitrogens is 1. The van der Waals surface area contributed by atoms with Crippen LogP contribution in [-0.4, -0.2) is 49.5 Å². The van der Waals surface area contributed by atoms with Crippen LogP contribution in [0.25, 0.3) is 0 Å². The molecule has 34 heavy (non-hydrogen) atoms. The first-order valence-electron chi connectivity index (χ1n) is 11.0. The van der Waals surface area contributed by atoms with Crippen molar-refractivity contribution >= 4 is 46.6 Å². The third-order valence-corrected chi connectivity index (χ3v) is 10.4. The molecule has 3 heterocycles. The number of aliphatic carboxylic acids is 1. The fraction of sp³-hybridized carbons (Fsp3) is 0.455. The first kappa shape index (κ1) is 21.5. The highest BCUT2D eigenvalue weighted by molar-refractivity contribution is 8.00. The summed E-state index contributed by atoms with van der Waals surface area (Å²) in [6.45, 7) is -0.128. The Balaban J connectivity index is 1.42. The zero-order chi connectivity index (χ0) is 23.9. The van der Waals surface area contributed by atoms with Gasteiger partial charge >= 0.3 is 10.8 Å². The van der Waals surface area contributed by atoms with Crippen LogP contribution in [0.1, 0.15) is 29.2 Å². The van der Waals surface area contributed by atoms with E-state index in [9.17, 15) is 29.3 Å². The maximum absolute atomic E-state index is 13.3. The Bertz CT molecular complexity index is 1320. The van der Waals surface area contributed by atoms with Gasteiger partial charge in [-0.05, 0) is 29.7 Å². The van der Waals surface area contributed by atoms with E-state index >= 15 is 0 Å². The molecule has 3 fully saturated rings. The van der Waals surface area contributed by atoms with Crippen molar-refractivity contribution in [2.75, 3.05) is 6.54 Å². The van der Waals surface area contributed by atoms with E-state index in [1.54, 1.807) is 6.07 Å². The number of carboxylic acids is 1. The Hall–Kier alpha value is -2.99. The molecule has 1 saturated heterocycles. The average molecular weight is 502 g/mol. The molecule has 2 aromatic rings. The smallest absolute Gasteiger partial charge is 0.305 e. The van der Waals surface area contributed by atoms with E-state index in [0.29, 0.717) is 6.42 Å². The van der Waals surface area contributed by atoms with Crippen LogP contribution < -0.4 is 4.87 Å². The number of nitrogens with one attached hydrogen (secondary N) is 1. The van der Waals surface area contributed by atoms with Gasteiger partial charge in [0.05, 0.1) is 28.2 Å². The number of H-pyrrole nitrogens is 1. The van der Waals surface area contributed by atoms with Crippen molar-refractivity contribution in [3.05, 3.63) is 54.5 Å². The molecule has 0 spiro atoms. The number of nitro benzene ring substituents is 1. The Morgan fingerprint density at radius 2 is 1.94 bits per heavy atom. The van der Waals surface area contributed by atoms with E-state index < -0.39 is 22.7 Å². The van der Waals surface area contributed by atoms with Crippen LogP contribution in [0.2, 0.25) is 0 Å². The Labute approximate surface area is 200 Å². The van der Waals surface area contributed by atoms with Crippen molar-refractivity contribution in [3.8, 4) is 0 Å². The van der Waals surface area contributed by atoms with E-state index in [1.807, 2.05) is 6.07 Å². The predicted octanol–water partition coefficient (Wildman–Crippen LogP) is 2.29. The largest absolute Gasteiger partial charge is 0.481 e. The molecule has 1 aromatic heterocycles. The third kappa shape index (κ3) is 2.94. The lowest BCUT2D eigenvalue weighted by Crippen LogP contribution is -2.42. The molecule has 2 aliphatic heterocycles. The van der Waals surface area contributed by atoms with Gasteiger partial charge in [0.1, 0.15) is 0 Å². The number of nitrogens with zero attached hydrogens (tertiary/aromatic N) is 2. The molecule has 2 amide bonds. The number of hydrogen-bond donors (Lipinski definition) is 2. The van der Waals surface area contributed by atoms with Gasteiger partial charge in [-0.1, -0.05) is 23.5 Å². The zero-order valence-electron chi connectivity index (χ0n) is 17.6. The van der Waals surface area contributed by atoms with Gasteiger partial charge in [-0.15, -0.1) is 11.8 Å². The molecule has 2 aliphatic carbocycles. The Morgan fingerprint density at radius 3 is 2.65 bits per heavy atom. The number of likely N-dealkylation sites (tertiary alicyclic amines) is 1. The van der Waals surface area contributed by atoms with Gasteiger partial charge in [-0.3, -0.25) is 34.2 Å². The summed E-state index contributed by atoms with van der Waals surface area (Å²) in [7, 11) is 0. The Kier molecular flexibility index (Phi) is 4.75. The quantitative estimate of drug-likeness (QED) is 0.360. The van der Waals surface area contributed by atoms with Gasteiger partial charge in [0, 0.05) is 34.7 Å². The first-order chi connectivity index (χ1) is 16.3. The number of aromatic amines is 1. The van der Waals surface area contributed by atoms with E-state index in [1.165, 1.54) is 23.9 Å². The number of imide groups is 1. The minimum atomic E-state index is -1.07. The Morgan fingerprint density at radius 1 is 1.21 bits per heavy atom. The number of carboxylic acid groups (broad SMARTS) is 1. The molecule has 4 aliphatic rings. The third-order valence-electron chi connectivity index (χ3n) is 7.80. The fourth-order valence-corrected chi connectivity index (χ4v) is 9.60. The number of non-ortho nitro benzene ring substituents is 1. The van der Waals surface area contributed by atoms with E-state index in [4.69, 9.17) is 5.11 Å². The molecule has 2 bridgehead atoms. The second kappa shape index (κ2) is 7.51. The number of thiazole rings is 1. The molecule has 12 heteroatoms. The average Bonchev–Trinajstić information content (AvgIpc) is 3.51. The normalized spacial score (nSPS) is 33.1. The molecule has 7 atom stereocenters. The molecule has 1 aromatic carbocycles. The lowest BCUT2D eigenvalue weighted by molar-refractivity contribution is -0.384. The van der Waals surface area contributed by atoms with Gasteiger partial charge in [0.15, 0.2) is 0 Å². The van der Waals surface area contributed by atoms with Gasteiger partial charge in [-0.2, -0.15) is 0 Å². The summed E-state index contributed by atoms with van der Waals surface area (Å²) >= 11 is 2.63. The standard InChI is InChI=1S/C22H19N3O7S2/c26-12(27)4-5-24-20(28)15-10-7-11(16(15)21(24)29)17-14(10)13(18-19(33-17)23-22(30)34-18)8-2-1-3-9(6-8)25(31)32/h1-3,6,10-11,13-17H,4-5,7H2,(H,23,30)(H,26,27). The van der Waals surface area contributed by atoms with E-state index in [0.717, 1.165) is 31.7 Å². The van der Waals surface area contributed by atoms with Crippen LogP contribution in [0, 0.1) is 39.7 Å². The number of hydrogen-bond acceptors (Lipinski definition) is 8. The SMILES string of the molecule is O=C(O)CCN1C(=O)C2C3CC(C2C1=O)C1C(c2cccc([N+](=O)[O-])c2)c2sc(=O)[nH]c2SC31. The number of benzene rings is 1. The number of amides is 2. The van der Waals surface area contributed by atoms with Crippen LogP contribution in [0.4, 0.5) is 5.69 Å². The number of nitro groups is 1. The fourth-order valence-electron chi connectivity index (χ4n) is 6.71. The molecular weight excluding hydrogens is 482 g/mol. The highest BCUT2D eigenvalue weighted by Gasteiger charge is 2.69. The number of carbonyl (C=O) groups excluding carboxylic acids is 2. The monoisotopic (exact) mass is 501 g/mol. The second-order valence-electron chi connectivity index (χ2n) is 9.28. The highest BCUT2D eigenvalue weighted by Crippen LogP contribution is 2.68. The molecule has 6 rings (SSSR count). The van der Waals surface area contributed by atoms with Crippen LogP contribution in [0.3, 0.4) is 0 Å². The number of fused-ring (bicyclic) bond motifs is 9. The molecule has 10 nitrogen and oxygen atoms in total. The predicted molar refractivity (Wildman–Crippen MR) is 121 cm³/mol. The van der Waals surface area contributed by atoms with Crippen LogP contribution in [0.5, 0.6) is 0 Å². The summed E-state index contributed by atoms with van der Waals surface area (Å²) < 4.78 is 0. The molecule has 0 radical (unpaired) electrons. The van der Waals surface area contributed by atoms with Crippen molar-refractivity contribution in [3.63, 3.8) is 0 Å². The van der Waals surface area contributed by atoms with E-state index in [2.05, 4.69) is 4.98 Å². The van der Waals surface area contributed by atoms with Crippen molar-refractivity contribution in [1.29, 1.82) is 0 Å². The summed E-state index contributed by atoms with van der Waals surface area (Å²) in [4.78, 5) is 65.3. The van der Waals surface area contributed by atoms with Gasteiger partial charge in [0.25, 0.3) is 5.69 Å². The van der Waals surface area contributed by atoms with Crippen molar-refractivity contribution < 1.29 is 24.4 Å². The van der Waals surface area contributed by atoms with Gasteiger partial charge < -0.3 is 10.1 Å². The zero-order valence-corrected chi connectivity index (χ0v) is 19.2. The van der Waals surface area contributed by atoms with Crippen molar-refractivity contribution in [2.45, 2.75) is 29.0 Å². The number of thioether (sulfide) groups is 1. The minimum absolute atomic E-state index is 0.0237. The molecule has 7 unspecified atom stereocenters. The van der Waals surface area contributed by atoms with Crippen LogP contribution >= 0.6 is 23.1 Å². The summed E-state index contributed by atoms with van der Waals surface area (Å²) in [6.07, 6.45) is 0.412. The number of carbonyl (C=O) groups is 3. The molecule has 2 saturated carbocycles. The van der Waals surface area contributed by atoms with Crippen LogP contribution in [0.15, 0.2) is 34.1 Å². The lowest BCUT2D eigenvalue weighted by atomic mass is 9.68. The summed E-state index contributed by atoms with van der Waals surface area (Å²) in [6, 6.07) is 6.42. The maximum Gasteiger partial charge on any atom is 0.305 e. The highest BCUT2D eigenvalue weighted by atomic mass is 32.2. The first-order valence-corrected chi connectivity index (χ1v) is 12.7. The van der Waals surface area contributed by atoms with Crippen LogP contribution in [-0.2, 0) is 14.4 Å².